The van der Waals surface area contributed by atoms with Gasteiger partial charge in [-0.05, 0) is 91.3 Å². The highest BCUT2D eigenvalue weighted by Crippen LogP contribution is 2.32. The quantitative estimate of drug-likeness (QED) is 0.328. The van der Waals surface area contributed by atoms with Gasteiger partial charge in [0.1, 0.15) is 17.8 Å². The lowest BCUT2D eigenvalue weighted by Crippen LogP contribution is -2.29. The van der Waals surface area contributed by atoms with Crippen LogP contribution in [0.15, 0.2) is 41.5 Å². The molecular formula is C30H36N4O3. The Balaban J connectivity index is 1.79. The highest BCUT2D eigenvalue weighted by molar-refractivity contribution is 5.95. The number of nitrogens with zero attached hydrogens (tertiary/aromatic N) is 2. The maximum Gasteiger partial charge on any atom is 0.268 e. The Labute approximate surface area is 217 Å². The Morgan fingerprint density at radius 3 is 2.38 bits per heavy atom. The molecule has 0 atom stereocenters. The van der Waals surface area contributed by atoms with Gasteiger partial charge in [-0.3, -0.25) is 14.0 Å². The predicted octanol–water partition coefficient (Wildman–Crippen LogP) is 5.63. The van der Waals surface area contributed by atoms with Crippen LogP contribution >= 0.6 is 0 Å². The summed E-state index contributed by atoms with van der Waals surface area (Å²) in [6.45, 7) is 12.3. The number of aryl methyl sites for hydroxylation is 4. The first kappa shape index (κ1) is 26.2. The van der Waals surface area contributed by atoms with Crippen molar-refractivity contribution in [3.8, 4) is 16.9 Å². The number of hydrogen-bond acceptors (Lipinski definition) is 4. The van der Waals surface area contributed by atoms with Crippen LogP contribution in [-0.2, 0) is 13.0 Å². The summed E-state index contributed by atoms with van der Waals surface area (Å²) in [6.07, 6.45) is 3.40. The molecule has 0 spiro atoms. The molecule has 2 N–H and O–H groups in total. The number of benzene rings is 1. The number of H-pyrrole nitrogens is 1. The first-order valence-corrected chi connectivity index (χ1v) is 12.8. The number of fused-ring (bicyclic) bond motifs is 1. The number of hydrogen-bond donors (Lipinski definition) is 2. The fourth-order valence-electron chi connectivity index (χ4n) is 5.07. The van der Waals surface area contributed by atoms with Crippen molar-refractivity contribution in [1.82, 2.24) is 19.7 Å². The third-order valence-electron chi connectivity index (χ3n) is 6.76. The molecule has 7 nitrogen and oxygen atoms in total. The number of nitrogens with one attached hydrogen (secondary N) is 2. The van der Waals surface area contributed by atoms with Gasteiger partial charge in [-0.15, -0.1) is 0 Å². The summed E-state index contributed by atoms with van der Waals surface area (Å²) in [5, 5.41) is 3.00. The monoisotopic (exact) mass is 500 g/mol. The highest BCUT2D eigenvalue weighted by Gasteiger charge is 2.19. The summed E-state index contributed by atoms with van der Waals surface area (Å²) in [5.41, 5.74) is 8.52. The van der Waals surface area contributed by atoms with Crippen LogP contribution in [0.3, 0.4) is 0 Å². The molecule has 4 aromatic rings. The van der Waals surface area contributed by atoms with Crippen LogP contribution in [0.4, 0.5) is 0 Å². The van der Waals surface area contributed by atoms with E-state index in [0.717, 1.165) is 63.3 Å². The maximum atomic E-state index is 13.6. The number of ether oxygens (including phenoxy) is 1. The van der Waals surface area contributed by atoms with E-state index in [0.29, 0.717) is 11.3 Å². The molecule has 0 fully saturated rings. The Morgan fingerprint density at radius 1 is 1.08 bits per heavy atom. The molecule has 0 saturated carbocycles. The summed E-state index contributed by atoms with van der Waals surface area (Å²) in [5.74, 6) is 0.795. The second kappa shape index (κ2) is 10.6. The second-order valence-corrected chi connectivity index (χ2v) is 10.0. The van der Waals surface area contributed by atoms with Crippen LogP contribution in [0.2, 0.25) is 0 Å². The fraction of sp³-hybridized carbons (Fsp3) is 0.367. The zero-order valence-electron chi connectivity index (χ0n) is 22.8. The number of imidazole rings is 1. The van der Waals surface area contributed by atoms with Gasteiger partial charge in [0.05, 0.1) is 18.3 Å². The topological polar surface area (TPSA) is 88.5 Å². The largest absolute Gasteiger partial charge is 0.496 e. The lowest BCUT2D eigenvalue weighted by atomic mass is 9.98. The first-order valence-electron chi connectivity index (χ1n) is 12.8. The van der Waals surface area contributed by atoms with Crippen molar-refractivity contribution in [3.63, 3.8) is 0 Å². The molecule has 194 valence electrons. The van der Waals surface area contributed by atoms with Crippen molar-refractivity contribution in [3.05, 3.63) is 86.3 Å². The fourth-order valence-corrected chi connectivity index (χ4v) is 5.07. The lowest BCUT2D eigenvalue weighted by Gasteiger charge is -2.15. The zero-order valence-corrected chi connectivity index (χ0v) is 22.8. The van der Waals surface area contributed by atoms with Crippen LogP contribution in [0.1, 0.15) is 77.2 Å². The Morgan fingerprint density at radius 2 is 1.76 bits per heavy atom. The van der Waals surface area contributed by atoms with E-state index in [1.807, 2.05) is 37.3 Å². The Kier molecular flexibility index (Phi) is 7.52. The molecule has 3 aromatic heterocycles. The Hall–Kier alpha value is -3.87. The number of carbonyl (C=O) groups is 1. The third kappa shape index (κ3) is 5.17. The van der Waals surface area contributed by atoms with Crippen molar-refractivity contribution in [1.29, 1.82) is 0 Å². The minimum absolute atomic E-state index is 0.155. The molecule has 0 aliphatic heterocycles. The molecule has 0 saturated heterocycles. The molecule has 3 heterocycles. The van der Waals surface area contributed by atoms with Gasteiger partial charge in [0, 0.05) is 17.8 Å². The van der Waals surface area contributed by atoms with Crippen molar-refractivity contribution in [2.45, 2.75) is 66.8 Å². The van der Waals surface area contributed by atoms with Gasteiger partial charge in [0.25, 0.3) is 11.5 Å². The maximum absolute atomic E-state index is 13.6. The second-order valence-electron chi connectivity index (χ2n) is 10.0. The summed E-state index contributed by atoms with van der Waals surface area (Å²) in [6, 6.07) is 10.1. The van der Waals surface area contributed by atoms with Crippen molar-refractivity contribution in [2.75, 3.05) is 7.11 Å². The lowest BCUT2D eigenvalue weighted by molar-refractivity contribution is 0.0944. The number of methoxy groups -OCH3 is 1. The number of carbonyl (C=O) groups excluding carboxylic acids is 1. The normalized spacial score (nSPS) is 11.4. The predicted molar refractivity (Wildman–Crippen MR) is 148 cm³/mol. The number of rotatable bonds is 8. The van der Waals surface area contributed by atoms with E-state index in [1.54, 1.807) is 13.4 Å². The van der Waals surface area contributed by atoms with E-state index in [2.05, 4.69) is 54.3 Å². The average Bonchev–Trinajstić information content (AvgIpc) is 3.27. The SMILES string of the molecule is CCCc1cc(C)[nH]c(=O)c1CNC(=O)c1cc(-c2cc(C)c(OC)c(C)c2)cc2c(C(C)C)ncn12. The van der Waals surface area contributed by atoms with Gasteiger partial charge >= 0.3 is 0 Å². The van der Waals surface area contributed by atoms with Crippen LogP contribution < -0.4 is 15.6 Å². The van der Waals surface area contributed by atoms with E-state index >= 15 is 0 Å². The first-order chi connectivity index (χ1) is 17.6. The molecular weight excluding hydrogens is 464 g/mol. The molecule has 1 amide bonds. The van der Waals surface area contributed by atoms with E-state index in [-0.39, 0.29) is 23.9 Å². The van der Waals surface area contributed by atoms with Gasteiger partial charge in [0.15, 0.2) is 0 Å². The van der Waals surface area contributed by atoms with Gasteiger partial charge in [0.2, 0.25) is 0 Å². The van der Waals surface area contributed by atoms with Crippen molar-refractivity contribution >= 4 is 11.4 Å². The summed E-state index contributed by atoms with van der Waals surface area (Å²) >= 11 is 0. The summed E-state index contributed by atoms with van der Waals surface area (Å²) in [7, 11) is 1.68. The molecule has 37 heavy (non-hydrogen) atoms. The van der Waals surface area contributed by atoms with Crippen LogP contribution in [0.5, 0.6) is 5.75 Å². The Bertz CT molecular complexity index is 1510. The van der Waals surface area contributed by atoms with Crippen LogP contribution in [-0.4, -0.2) is 27.4 Å². The van der Waals surface area contributed by atoms with Gasteiger partial charge in [-0.1, -0.05) is 27.2 Å². The molecule has 4 rings (SSSR count). The molecule has 7 heteroatoms. The molecule has 1 aromatic carbocycles. The van der Waals surface area contributed by atoms with E-state index < -0.39 is 0 Å². The van der Waals surface area contributed by atoms with Gasteiger partial charge in [-0.25, -0.2) is 4.98 Å². The number of pyridine rings is 2. The third-order valence-corrected chi connectivity index (χ3v) is 6.76. The minimum Gasteiger partial charge on any atom is -0.496 e. The summed E-state index contributed by atoms with van der Waals surface area (Å²) < 4.78 is 7.39. The molecule has 0 aliphatic rings. The van der Waals surface area contributed by atoms with Crippen molar-refractivity contribution < 1.29 is 9.53 Å². The molecule has 0 bridgehead atoms. The van der Waals surface area contributed by atoms with E-state index in [4.69, 9.17) is 4.74 Å². The molecule has 0 unspecified atom stereocenters. The highest BCUT2D eigenvalue weighted by atomic mass is 16.5. The average molecular weight is 501 g/mol. The van der Waals surface area contributed by atoms with Crippen LogP contribution in [0.25, 0.3) is 16.6 Å². The smallest absolute Gasteiger partial charge is 0.268 e. The van der Waals surface area contributed by atoms with E-state index in [1.165, 1.54) is 0 Å². The zero-order chi connectivity index (χ0) is 26.9. The standard InChI is InChI=1S/C30H36N4O3/c1-8-9-21-12-20(6)33-29(35)24(21)15-31-30(36)26-14-23(13-25-27(17(2)3)32-16-34(25)26)22-10-18(4)28(37-7)19(5)11-22/h10-14,16-17H,8-9,15H2,1-7H3,(H,31,36)(H,33,35). The van der Waals surface area contributed by atoms with Crippen molar-refractivity contribution in [2.24, 2.45) is 0 Å². The number of aromatic nitrogens is 3. The van der Waals surface area contributed by atoms with E-state index in [9.17, 15) is 9.59 Å². The molecule has 0 radical (unpaired) electrons. The summed E-state index contributed by atoms with van der Waals surface area (Å²) in [4.78, 5) is 33.8. The van der Waals surface area contributed by atoms with Crippen LogP contribution in [0, 0.1) is 20.8 Å². The minimum atomic E-state index is -0.260. The van der Waals surface area contributed by atoms with Gasteiger partial charge < -0.3 is 15.0 Å². The molecule has 0 aliphatic carbocycles. The van der Waals surface area contributed by atoms with Gasteiger partial charge in [-0.2, -0.15) is 0 Å². The number of aromatic amines is 1. The number of amides is 1.